The van der Waals surface area contributed by atoms with Gasteiger partial charge in [0.15, 0.2) is 0 Å². The molecule has 1 heterocycles. The van der Waals surface area contributed by atoms with Gasteiger partial charge >= 0.3 is 0 Å². The summed E-state index contributed by atoms with van der Waals surface area (Å²) in [5.74, 6) is 0.595. The van der Waals surface area contributed by atoms with E-state index in [9.17, 15) is 0 Å². The van der Waals surface area contributed by atoms with Crippen LogP contribution < -0.4 is 0 Å². The van der Waals surface area contributed by atoms with Gasteiger partial charge in [0, 0.05) is 18.3 Å². The fourth-order valence-electron chi connectivity index (χ4n) is 1.62. The third-order valence-electron chi connectivity index (χ3n) is 2.66. The standard InChI is InChI=1S/C14H15ClN2/c1-2-12(11-15)10-13-4-6-14(7-5-13)17-9-3-8-16-17/h3-10H,2,11H2,1H3. The average molecular weight is 247 g/mol. The van der Waals surface area contributed by atoms with E-state index in [-0.39, 0.29) is 0 Å². The van der Waals surface area contributed by atoms with Crippen molar-refractivity contribution in [1.29, 1.82) is 0 Å². The smallest absolute Gasteiger partial charge is 0.0645 e. The molecule has 0 amide bonds. The zero-order valence-corrected chi connectivity index (χ0v) is 10.6. The summed E-state index contributed by atoms with van der Waals surface area (Å²) in [6.45, 7) is 2.12. The maximum atomic E-state index is 5.85. The lowest BCUT2D eigenvalue weighted by atomic mass is 10.1. The maximum Gasteiger partial charge on any atom is 0.0645 e. The largest absolute Gasteiger partial charge is 0.241 e. The lowest BCUT2D eigenvalue weighted by Gasteiger charge is -2.03. The number of allylic oxidation sites excluding steroid dienone is 1. The highest BCUT2D eigenvalue weighted by Gasteiger charge is 1.97. The van der Waals surface area contributed by atoms with Crippen molar-refractivity contribution in [2.45, 2.75) is 13.3 Å². The summed E-state index contributed by atoms with van der Waals surface area (Å²) in [6.07, 6.45) is 6.84. The monoisotopic (exact) mass is 246 g/mol. The number of aromatic nitrogens is 2. The Morgan fingerprint density at radius 3 is 2.65 bits per heavy atom. The average Bonchev–Trinajstić information content (AvgIpc) is 2.90. The molecule has 2 rings (SSSR count). The van der Waals surface area contributed by atoms with Crippen LogP contribution in [0.4, 0.5) is 0 Å². The summed E-state index contributed by atoms with van der Waals surface area (Å²) in [5, 5.41) is 4.19. The molecule has 17 heavy (non-hydrogen) atoms. The zero-order valence-electron chi connectivity index (χ0n) is 9.81. The van der Waals surface area contributed by atoms with Gasteiger partial charge in [-0.1, -0.05) is 30.7 Å². The quantitative estimate of drug-likeness (QED) is 0.748. The van der Waals surface area contributed by atoms with Gasteiger partial charge in [-0.2, -0.15) is 5.10 Å². The van der Waals surface area contributed by atoms with Gasteiger partial charge in [-0.15, -0.1) is 11.6 Å². The van der Waals surface area contributed by atoms with Crippen molar-refractivity contribution in [1.82, 2.24) is 9.78 Å². The van der Waals surface area contributed by atoms with Crippen LogP contribution in [-0.4, -0.2) is 15.7 Å². The first-order valence-electron chi connectivity index (χ1n) is 5.69. The molecule has 0 unspecified atom stereocenters. The number of benzene rings is 1. The summed E-state index contributed by atoms with van der Waals surface area (Å²) in [4.78, 5) is 0. The van der Waals surface area contributed by atoms with Crippen LogP contribution in [0.25, 0.3) is 11.8 Å². The highest BCUT2D eigenvalue weighted by Crippen LogP contribution is 2.14. The minimum atomic E-state index is 0.595. The van der Waals surface area contributed by atoms with Crippen molar-refractivity contribution in [3.63, 3.8) is 0 Å². The molecule has 1 aromatic heterocycles. The lowest BCUT2D eigenvalue weighted by Crippen LogP contribution is -1.93. The second-order valence-corrected chi connectivity index (χ2v) is 4.10. The lowest BCUT2D eigenvalue weighted by molar-refractivity contribution is 0.880. The van der Waals surface area contributed by atoms with E-state index >= 15 is 0 Å². The Balaban J connectivity index is 2.21. The summed E-state index contributed by atoms with van der Waals surface area (Å²) in [6, 6.07) is 10.2. The molecule has 2 nitrogen and oxygen atoms in total. The van der Waals surface area contributed by atoms with E-state index in [1.54, 1.807) is 6.20 Å². The molecule has 0 fully saturated rings. The van der Waals surface area contributed by atoms with Crippen LogP contribution in [0.1, 0.15) is 18.9 Å². The van der Waals surface area contributed by atoms with Gasteiger partial charge in [0.2, 0.25) is 0 Å². The molecular formula is C14H15ClN2. The Morgan fingerprint density at radius 1 is 1.35 bits per heavy atom. The second kappa shape index (κ2) is 5.69. The van der Waals surface area contributed by atoms with Gasteiger partial charge in [-0.3, -0.25) is 0 Å². The Labute approximate surface area is 107 Å². The van der Waals surface area contributed by atoms with E-state index in [4.69, 9.17) is 11.6 Å². The zero-order chi connectivity index (χ0) is 12.1. The van der Waals surface area contributed by atoms with Crippen LogP contribution >= 0.6 is 11.6 Å². The highest BCUT2D eigenvalue weighted by atomic mass is 35.5. The molecule has 0 aliphatic rings. The molecule has 0 saturated heterocycles. The van der Waals surface area contributed by atoms with E-state index in [1.165, 1.54) is 11.1 Å². The molecule has 0 aliphatic carbocycles. The number of alkyl halides is 1. The van der Waals surface area contributed by atoms with Crippen LogP contribution in [0.5, 0.6) is 0 Å². The fraction of sp³-hybridized carbons (Fsp3) is 0.214. The van der Waals surface area contributed by atoms with Gasteiger partial charge in [-0.25, -0.2) is 4.68 Å². The van der Waals surface area contributed by atoms with Gasteiger partial charge in [-0.05, 0) is 30.2 Å². The van der Waals surface area contributed by atoms with Crippen LogP contribution in [0.2, 0.25) is 0 Å². The molecule has 1 aromatic carbocycles. The second-order valence-electron chi connectivity index (χ2n) is 3.83. The molecule has 0 atom stereocenters. The van der Waals surface area contributed by atoms with Crippen molar-refractivity contribution in [3.8, 4) is 5.69 Å². The Morgan fingerprint density at radius 2 is 2.12 bits per heavy atom. The minimum Gasteiger partial charge on any atom is -0.241 e. The van der Waals surface area contributed by atoms with Crippen molar-refractivity contribution >= 4 is 17.7 Å². The van der Waals surface area contributed by atoms with E-state index in [0.29, 0.717) is 5.88 Å². The molecular weight excluding hydrogens is 232 g/mol. The van der Waals surface area contributed by atoms with Gasteiger partial charge < -0.3 is 0 Å². The SMILES string of the molecule is CCC(=Cc1ccc(-n2cccn2)cc1)CCl. The highest BCUT2D eigenvalue weighted by molar-refractivity contribution is 6.19. The van der Waals surface area contributed by atoms with Crippen LogP contribution in [0, 0.1) is 0 Å². The van der Waals surface area contributed by atoms with Gasteiger partial charge in [0.1, 0.15) is 0 Å². The summed E-state index contributed by atoms with van der Waals surface area (Å²) in [7, 11) is 0. The molecule has 3 heteroatoms. The van der Waals surface area contributed by atoms with Crippen molar-refractivity contribution in [2.24, 2.45) is 0 Å². The van der Waals surface area contributed by atoms with Crippen LogP contribution in [-0.2, 0) is 0 Å². The van der Waals surface area contributed by atoms with Crippen LogP contribution in [0.15, 0.2) is 48.3 Å². The number of rotatable bonds is 4. The molecule has 88 valence electrons. The van der Waals surface area contributed by atoms with Crippen LogP contribution in [0.3, 0.4) is 0 Å². The first-order valence-corrected chi connectivity index (χ1v) is 6.22. The third-order valence-corrected chi connectivity index (χ3v) is 3.00. The molecule has 0 saturated carbocycles. The number of hydrogen-bond donors (Lipinski definition) is 0. The van der Waals surface area contributed by atoms with Crippen molar-refractivity contribution in [3.05, 3.63) is 53.9 Å². The fourth-order valence-corrected chi connectivity index (χ4v) is 1.88. The Hall–Kier alpha value is -1.54. The Kier molecular flexibility index (Phi) is 3.99. The summed E-state index contributed by atoms with van der Waals surface area (Å²) in [5.41, 5.74) is 3.49. The van der Waals surface area contributed by atoms with Crippen molar-refractivity contribution in [2.75, 3.05) is 5.88 Å². The molecule has 0 radical (unpaired) electrons. The van der Waals surface area contributed by atoms with Gasteiger partial charge in [0.25, 0.3) is 0 Å². The number of halogens is 1. The number of nitrogens with zero attached hydrogens (tertiary/aromatic N) is 2. The van der Waals surface area contributed by atoms with E-state index in [1.807, 2.05) is 16.9 Å². The first kappa shape index (κ1) is 11.9. The Bertz CT molecular complexity index is 477. The van der Waals surface area contributed by atoms with E-state index in [2.05, 4.69) is 42.4 Å². The summed E-state index contributed by atoms with van der Waals surface area (Å²) >= 11 is 5.85. The van der Waals surface area contributed by atoms with E-state index in [0.717, 1.165) is 12.1 Å². The predicted molar refractivity (Wildman–Crippen MR) is 72.6 cm³/mol. The van der Waals surface area contributed by atoms with Gasteiger partial charge in [0.05, 0.1) is 5.69 Å². The topological polar surface area (TPSA) is 17.8 Å². The normalized spacial score (nSPS) is 11.8. The predicted octanol–water partition coefficient (Wildman–Crippen LogP) is 3.90. The maximum absolute atomic E-state index is 5.85. The molecule has 0 aliphatic heterocycles. The molecule has 0 bridgehead atoms. The minimum absolute atomic E-state index is 0.595. The third kappa shape index (κ3) is 2.98. The summed E-state index contributed by atoms with van der Waals surface area (Å²) < 4.78 is 1.84. The first-order chi connectivity index (χ1) is 8.33. The van der Waals surface area contributed by atoms with Crippen molar-refractivity contribution < 1.29 is 0 Å². The molecule has 2 aromatic rings. The van der Waals surface area contributed by atoms with E-state index < -0.39 is 0 Å². The molecule has 0 spiro atoms. The molecule has 0 N–H and O–H groups in total. The number of hydrogen-bond acceptors (Lipinski definition) is 1.